The molecule has 8 nitrogen and oxygen atoms in total. The van der Waals surface area contributed by atoms with Gasteiger partial charge in [-0.25, -0.2) is 9.59 Å². The maximum absolute atomic E-state index is 12.2. The Bertz CT molecular complexity index is 1370. The van der Waals surface area contributed by atoms with Crippen LogP contribution in [-0.4, -0.2) is 38.5 Å². The topological polar surface area (TPSA) is 100 Å². The summed E-state index contributed by atoms with van der Waals surface area (Å²) in [6, 6.07) is 16.2. The molecule has 154 valence electrons. The minimum Gasteiger partial charge on any atom is -0.449 e. The maximum atomic E-state index is 12.2. The standard InChI is InChI=1S/C22H16N4O4S/c1-15-8-2-4-10-18(15)26-22(23-24-25-26)31-13-7-6-12-29-20(27)17-14-16-9-3-5-11-19(16)30-21(17)28/h2-5,8-11,14H,12-13H2,1H3. The summed E-state index contributed by atoms with van der Waals surface area (Å²) in [4.78, 5) is 24.2. The van der Waals surface area contributed by atoms with Gasteiger partial charge in [-0.3, -0.25) is 0 Å². The third kappa shape index (κ3) is 4.65. The number of aromatic nitrogens is 4. The van der Waals surface area contributed by atoms with Crippen molar-refractivity contribution in [3.8, 4) is 17.5 Å². The molecule has 0 fully saturated rings. The second kappa shape index (κ2) is 9.28. The molecule has 0 saturated carbocycles. The molecule has 0 bridgehead atoms. The van der Waals surface area contributed by atoms with Gasteiger partial charge in [0.1, 0.15) is 11.1 Å². The first-order chi connectivity index (χ1) is 15.1. The summed E-state index contributed by atoms with van der Waals surface area (Å²) in [5, 5.41) is 13.0. The molecule has 0 atom stereocenters. The Hall–Kier alpha value is -3.90. The Balaban J connectivity index is 1.34. The quantitative estimate of drug-likeness (QED) is 0.205. The van der Waals surface area contributed by atoms with Crippen LogP contribution in [0.2, 0.25) is 0 Å². The summed E-state index contributed by atoms with van der Waals surface area (Å²) in [5.41, 5.74) is 1.45. The van der Waals surface area contributed by atoms with Crippen LogP contribution in [-0.2, 0) is 4.74 Å². The van der Waals surface area contributed by atoms with E-state index in [-0.39, 0.29) is 12.2 Å². The number of rotatable bonds is 5. The van der Waals surface area contributed by atoms with Crippen molar-refractivity contribution in [2.75, 3.05) is 12.4 Å². The molecule has 9 heteroatoms. The molecule has 31 heavy (non-hydrogen) atoms. The maximum Gasteiger partial charge on any atom is 0.351 e. The van der Waals surface area contributed by atoms with Crippen molar-refractivity contribution >= 4 is 28.7 Å². The minimum atomic E-state index is -0.773. The summed E-state index contributed by atoms with van der Waals surface area (Å²) in [6.45, 7) is 1.84. The highest BCUT2D eigenvalue weighted by Gasteiger charge is 2.14. The van der Waals surface area contributed by atoms with Crippen LogP contribution in [0, 0.1) is 18.8 Å². The van der Waals surface area contributed by atoms with Gasteiger partial charge in [0, 0.05) is 5.39 Å². The fourth-order valence-electron chi connectivity index (χ4n) is 2.81. The highest BCUT2D eigenvalue weighted by atomic mass is 32.2. The zero-order valence-corrected chi connectivity index (χ0v) is 17.3. The van der Waals surface area contributed by atoms with Crippen LogP contribution in [0.5, 0.6) is 0 Å². The largest absolute Gasteiger partial charge is 0.449 e. The zero-order chi connectivity index (χ0) is 21.6. The van der Waals surface area contributed by atoms with E-state index in [1.54, 1.807) is 28.9 Å². The third-order valence-corrected chi connectivity index (χ3v) is 5.12. The monoisotopic (exact) mass is 432 g/mol. The van der Waals surface area contributed by atoms with E-state index in [4.69, 9.17) is 9.15 Å². The number of esters is 1. The number of thioether (sulfide) groups is 1. The second-order valence-electron chi connectivity index (χ2n) is 6.36. The molecular formula is C22H16N4O4S. The number of hydrogen-bond acceptors (Lipinski definition) is 8. The highest BCUT2D eigenvalue weighted by Crippen LogP contribution is 2.19. The Labute approximate surface area is 181 Å². The molecule has 2 heterocycles. The van der Waals surface area contributed by atoms with Gasteiger partial charge in [0.25, 0.3) is 0 Å². The normalized spacial score (nSPS) is 10.5. The van der Waals surface area contributed by atoms with E-state index in [2.05, 4.69) is 27.4 Å². The smallest absolute Gasteiger partial charge is 0.351 e. The molecule has 0 spiro atoms. The molecule has 0 aliphatic heterocycles. The molecule has 0 saturated heterocycles. The molecule has 0 aliphatic rings. The Morgan fingerprint density at radius 3 is 2.84 bits per heavy atom. The van der Waals surface area contributed by atoms with E-state index < -0.39 is 11.6 Å². The average molecular weight is 432 g/mol. The number of aryl methyl sites for hydroxylation is 1. The number of benzene rings is 2. The van der Waals surface area contributed by atoms with Crippen molar-refractivity contribution < 1.29 is 13.9 Å². The number of hydrogen-bond donors (Lipinski definition) is 0. The molecule has 2 aromatic carbocycles. The van der Waals surface area contributed by atoms with Crippen LogP contribution in [0.3, 0.4) is 0 Å². The number of carbonyl (C=O) groups excluding carboxylic acids is 1. The lowest BCUT2D eigenvalue weighted by molar-refractivity contribution is 0.0552. The molecule has 4 rings (SSSR count). The zero-order valence-electron chi connectivity index (χ0n) is 16.4. The van der Waals surface area contributed by atoms with Gasteiger partial charge in [-0.2, -0.15) is 4.68 Å². The second-order valence-corrected chi connectivity index (χ2v) is 7.31. The number of fused-ring (bicyclic) bond motifs is 1. The Morgan fingerprint density at radius 1 is 1.16 bits per heavy atom. The molecule has 0 aliphatic carbocycles. The predicted octanol–water partition coefficient (Wildman–Crippen LogP) is 3.03. The lowest BCUT2D eigenvalue weighted by Gasteiger charge is -2.05. The van der Waals surface area contributed by atoms with Crippen LogP contribution in [0.25, 0.3) is 16.7 Å². The molecular weight excluding hydrogens is 416 g/mol. The van der Waals surface area contributed by atoms with Gasteiger partial charge in [0.05, 0.1) is 11.4 Å². The van der Waals surface area contributed by atoms with Crippen LogP contribution < -0.4 is 5.63 Å². The van der Waals surface area contributed by atoms with Crippen molar-refractivity contribution in [1.82, 2.24) is 20.2 Å². The predicted molar refractivity (Wildman–Crippen MR) is 115 cm³/mol. The van der Waals surface area contributed by atoms with Crippen molar-refractivity contribution in [3.05, 3.63) is 76.1 Å². The summed E-state index contributed by atoms with van der Waals surface area (Å²) in [5.74, 6) is 5.28. The van der Waals surface area contributed by atoms with Gasteiger partial charge in [0.2, 0.25) is 5.16 Å². The van der Waals surface area contributed by atoms with Gasteiger partial charge in [-0.1, -0.05) is 60.0 Å². The lowest BCUT2D eigenvalue weighted by atomic mass is 10.2. The van der Waals surface area contributed by atoms with Gasteiger partial charge in [-0.15, -0.1) is 5.10 Å². The Morgan fingerprint density at radius 2 is 1.97 bits per heavy atom. The first-order valence-electron chi connectivity index (χ1n) is 9.26. The fraction of sp³-hybridized carbons (Fsp3) is 0.136. The van der Waals surface area contributed by atoms with E-state index in [1.807, 2.05) is 31.2 Å². The van der Waals surface area contributed by atoms with Gasteiger partial charge >= 0.3 is 11.6 Å². The number of tetrazole rings is 1. The number of para-hydroxylation sites is 2. The highest BCUT2D eigenvalue weighted by molar-refractivity contribution is 7.99. The summed E-state index contributed by atoms with van der Waals surface area (Å²) >= 11 is 1.36. The van der Waals surface area contributed by atoms with Crippen molar-refractivity contribution in [2.45, 2.75) is 12.1 Å². The summed E-state index contributed by atoms with van der Waals surface area (Å²) in [7, 11) is 0. The van der Waals surface area contributed by atoms with Crippen LogP contribution in [0.4, 0.5) is 0 Å². The van der Waals surface area contributed by atoms with Gasteiger partial charge in [0.15, 0.2) is 6.61 Å². The number of ether oxygens (including phenoxy) is 1. The van der Waals surface area contributed by atoms with E-state index in [0.717, 1.165) is 11.3 Å². The van der Waals surface area contributed by atoms with Crippen LogP contribution in [0.1, 0.15) is 15.9 Å². The van der Waals surface area contributed by atoms with Crippen LogP contribution in [0.15, 0.2) is 69.0 Å². The van der Waals surface area contributed by atoms with E-state index in [0.29, 0.717) is 21.9 Å². The molecule has 0 radical (unpaired) electrons. The Kier molecular flexibility index (Phi) is 6.10. The van der Waals surface area contributed by atoms with Crippen molar-refractivity contribution in [1.29, 1.82) is 0 Å². The number of nitrogens with zero attached hydrogens (tertiary/aromatic N) is 4. The fourth-order valence-corrected chi connectivity index (χ4v) is 3.46. The van der Waals surface area contributed by atoms with Gasteiger partial charge < -0.3 is 9.15 Å². The lowest BCUT2D eigenvalue weighted by Crippen LogP contribution is -2.16. The van der Waals surface area contributed by atoms with Gasteiger partial charge in [-0.05, 0) is 41.1 Å². The van der Waals surface area contributed by atoms with E-state index in [1.165, 1.54) is 17.8 Å². The number of carbonyl (C=O) groups is 1. The SMILES string of the molecule is Cc1ccccc1-n1nnnc1SCC#CCOC(=O)c1cc2ccccc2oc1=O. The minimum absolute atomic E-state index is 0.144. The van der Waals surface area contributed by atoms with Crippen molar-refractivity contribution in [3.63, 3.8) is 0 Å². The third-order valence-electron chi connectivity index (χ3n) is 4.32. The van der Waals surface area contributed by atoms with E-state index >= 15 is 0 Å². The molecule has 4 aromatic rings. The molecule has 0 amide bonds. The molecule has 0 unspecified atom stereocenters. The first-order valence-corrected chi connectivity index (χ1v) is 10.2. The molecule has 2 aromatic heterocycles. The first kappa shape index (κ1) is 20.4. The summed E-state index contributed by atoms with van der Waals surface area (Å²) in [6.07, 6.45) is 0. The summed E-state index contributed by atoms with van der Waals surface area (Å²) < 4.78 is 11.9. The van der Waals surface area contributed by atoms with Crippen LogP contribution >= 0.6 is 11.8 Å². The van der Waals surface area contributed by atoms with E-state index in [9.17, 15) is 9.59 Å². The average Bonchev–Trinajstić information content (AvgIpc) is 3.24. The van der Waals surface area contributed by atoms with Crippen molar-refractivity contribution in [2.24, 2.45) is 0 Å². The molecule has 0 N–H and O–H groups in total.